The molecule has 0 aliphatic rings. The summed E-state index contributed by atoms with van der Waals surface area (Å²) in [5, 5.41) is 8.69. The number of esters is 4. The molecule has 10 nitrogen and oxygen atoms in total. The minimum absolute atomic E-state index is 0.148. The van der Waals surface area contributed by atoms with Crippen molar-refractivity contribution in [2.24, 2.45) is 0 Å². The van der Waals surface area contributed by atoms with Gasteiger partial charge in [-0.3, -0.25) is 19.2 Å². The van der Waals surface area contributed by atoms with Gasteiger partial charge in [0.1, 0.15) is 6.61 Å². The summed E-state index contributed by atoms with van der Waals surface area (Å²) in [5.41, 5.74) is 0. The van der Waals surface area contributed by atoms with E-state index >= 15 is 0 Å². The van der Waals surface area contributed by atoms with Crippen LogP contribution in [-0.2, 0) is 42.9 Å². The van der Waals surface area contributed by atoms with E-state index in [9.17, 15) is 19.2 Å². The van der Waals surface area contributed by atoms with Crippen LogP contribution >= 0.6 is 0 Å². The van der Waals surface area contributed by atoms with Gasteiger partial charge >= 0.3 is 23.9 Å². The molecule has 0 aliphatic carbocycles. The number of hydrogen-bond donors (Lipinski definition) is 1. The molecule has 0 aromatic carbocycles. The van der Waals surface area contributed by atoms with Gasteiger partial charge in [0.15, 0.2) is 0 Å². The standard InChI is InChI=1S/C27H48O10/c1-33-22-23-37-27(32)17-9-5-13-21-36-26(31)16-8-4-12-20-35-25(30)15-7-3-11-19-34-24(29)14-6-2-10-18-28/h28H,2-23H2,1H3. The third kappa shape index (κ3) is 26.7. The van der Waals surface area contributed by atoms with Crippen LogP contribution in [0.4, 0.5) is 0 Å². The fourth-order valence-electron chi connectivity index (χ4n) is 3.29. The third-order valence-corrected chi connectivity index (χ3v) is 5.45. The van der Waals surface area contributed by atoms with Crippen LogP contribution in [0.15, 0.2) is 0 Å². The molecule has 1 N–H and O–H groups in total. The molecule has 0 radical (unpaired) electrons. The van der Waals surface area contributed by atoms with Crippen molar-refractivity contribution >= 4 is 23.9 Å². The maximum Gasteiger partial charge on any atom is 0.305 e. The van der Waals surface area contributed by atoms with Crippen molar-refractivity contribution in [3.05, 3.63) is 0 Å². The zero-order valence-corrected chi connectivity index (χ0v) is 22.7. The number of carbonyl (C=O) groups is 4. The quantitative estimate of drug-likeness (QED) is 0.0988. The van der Waals surface area contributed by atoms with Crippen LogP contribution in [0.1, 0.15) is 103 Å². The molecule has 0 amide bonds. The molecule has 0 unspecified atom stereocenters. The lowest BCUT2D eigenvalue weighted by atomic mass is 10.2. The highest BCUT2D eigenvalue weighted by Gasteiger charge is 2.07. The number of methoxy groups -OCH3 is 1. The summed E-state index contributed by atoms with van der Waals surface area (Å²) in [6.45, 7) is 1.87. The predicted molar refractivity (Wildman–Crippen MR) is 137 cm³/mol. The zero-order valence-electron chi connectivity index (χ0n) is 22.7. The number of hydrogen-bond acceptors (Lipinski definition) is 10. The average molecular weight is 533 g/mol. The molecule has 0 spiro atoms. The number of aliphatic hydroxyl groups is 1. The van der Waals surface area contributed by atoms with Gasteiger partial charge in [0.05, 0.1) is 26.4 Å². The lowest BCUT2D eigenvalue weighted by Gasteiger charge is -2.07. The largest absolute Gasteiger partial charge is 0.466 e. The molecule has 0 atom stereocenters. The van der Waals surface area contributed by atoms with Crippen LogP contribution in [0.2, 0.25) is 0 Å². The van der Waals surface area contributed by atoms with Crippen molar-refractivity contribution in [1.82, 2.24) is 0 Å². The molecular formula is C27H48O10. The Morgan fingerprint density at radius 3 is 1.08 bits per heavy atom. The molecule has 0 rings (SSSR count). The fraction of sp³-hybridized carbons (Fsp3) is 0.852. The van der Waals surface area contributed by atoms with Gasteiger partial charge in [0, 0.05) is 39.4 Å². The van der Waals surface area contributed by atoms with Gasteiger partial charge in [-0.1, -0.05) is 6.42 Å². The highest BCUT2D eigenvalue weighted by molar-refractivity contribution is 5.70. The van der Waals surface area contributed by atoms with Crippen molar-refractivity contribution in [2.45, 2.75) is 103 Å². The molecule has 216 valence electrons. The van der Waals surface area contributed by atoms with E-state index in [1.54, 1.807) is 7.11 Å². The molecule has 0 heterocycles. The maximum atomic E-state index is 11.8. The Labute approximate surface area is 221 Å². The van der Waals surface area contributed by atoms with Gasteiger partial charge in [-0.05, 0) is 70.6 Å². The SMILES string of the molecule is COCCOC(=O)CCCCCOC(=O)CCCCCOC(=O)CCCCCOC(=O)CCCCCO. The summed E-state index contributed by atoms with van der Waals surface area (Å²) in [7, 11) is 1.55. The molecule has 0 aromatic rings. The molecule has 0 aliphatic heterocycles. The van der Waals surface area contributed by atoms with Crippen molar-refractivity contribution in [3.8, 4) is 0 Å². The van der Waals surface area contributed by atoms with E-state index in [4.69, 9.17) is 28.8 Å². The summed E-state index contributed by atoms with van der Waals surface area (Å²) in [6.07, 6.45) is 10.2. The van der Waals surface area contributed by atoms with Crippen LogP contribution in [0, 0.1) is 0 Å². The van der Waals surface area contributed by atoms with Gasteiger partial charge in [-0.25, -0.2) is 0 Å². The third-order valence-electron chi connectivity index (χ3n) is 5.45. The maximum absolute atomic E-state index is 11.8. The predicted octanol–water partition coefficient (Wildman–Crippen LogP) is 4.04. The Morgan fingerprint density at radius 2 is 0.757 bits per heavy atom. The van der Waals surface area contributed by atoms with Crippen LogP contribution in [0.5, 0.6) is 0 Å². The van der Waals surface area contributed by atoms with Crippen LogP contribution in [0.25, 0.3) is 0 Å². The first-order chi connectivity index (χ1) is 18.0. The number of ether oxygens (including phenoxy) is 5. The van der Waals surface area contributed by atoms with Crippen LogP contribution < -0.4 is 0 Å². The van der Waals surface area contributed by atoms with E-state index < -0.39 is 0 Å². The minimum atomic E-state index is -0.239. The van der Waals surface area contributed by atoms with Gasteiger partial charge in [-0.15, -0.1) is 0 Å². The number of carbonyl (C=O) groups excluding carboxylic acids is 4. The van der Waals surface area contributed by atoms with Crippen molar-refractivity contribution in [1.29, 1.82) is 0 Å². The van der Waals surface area contributed by atoms with E-state index in [2.05, 4.69) is 0 Å². The van der Waals surface area contributed by atoms with E-state index in [1.807, 2.05) is 0 Å². The summed E-state index contributed by atoms with van der Waals surface area (Å²) < 4.78 is 25.3. The first kappa shape index (κ1) is 34.8. The first-order valence-corrected chi connectivity index (χ1v) is 13.7. The number of unbranched alkanes of at least 4 members (excludes halogenated alkanes) is 8. The van der Waals surface area contributed by atoms with E-state index in [0.717, 1.165) is 38.5 Å². The van der Waals surface area contributed by atoms with Crippen molar-refractivity contribution < 1.29 is 48.0 Å². The summed E-state index contributed by atoms with van der Waals surface area (Å²) >= 11 is 0. The Hall–Kier alpha value is -2.20. The fourth-order valence-corrected chi connectivity index (χ4v) is 3.29. The summed E-state index contributed by atoms with van der Waals surface area (Å²) in [4.78, 5) is 46.4. The molecule has 0 saturated heterocycles. The molecule has 0 saturated carbocycles. The molecular weight excluding hydrogens is 484 g/mol. The minimum Gasteiger partial charge on any atom is -0.466 e. The topological polar surface area (TPSA) is 135 Å². The molecule has 0 bridgehead atoms. The Kier molecular flexibility index (Phi) is 25.3. The van der Waals surface area contributed by atoms with E-state index in [0.29, 0.717) is 90.6 Å². The highest BCUT2D eigenvalue weighted by atomic mass is 16.6. The van der Waals surface area contributed by atoms with E-state index in [-0.39, 0.29) is 37.1 Å². The van der Waals surface area contributed by atoms with Gasteiger partial charge in [0.25, 0.3) is 0 Å². The van der Waals surface area contributed by atoms with Gasteiger partial charge in [0.2, 0.25) is 0 Å². The second-order valence-electron chi connectivity index (χ2n) is 8.84. The lowest BCUT2D eigenvalue weighted by molar-refractivity contribution is -0.146. The first-order valence-electron chi connectivity index (χ1n) is 13.7. The molecule has 10 heteroatoms. The molecule has 0 aromatic heterocycles. The second-order valence-corrected chi connectivity index (χ2v) is 8.84. The summed E-state index contributed by atoms with van der Waals surface area (Å²) in [6, 6.07) is 0. The Bertz CT molecular complexity index is 594. The van der Waals surface area contributed by atoms with E-state index in [1.165, 1.54) is 0 Å². The Balaban J connectivity index is 3.40. The number of aliphatic hydroxyl groups excluding tert-OH is 1. The van der Waals surface area contributed by atoms with Crippen molar-refractivity contribution in [3.63, 3.8) is 0 Å². The monoisotopic (exact) mass is 532 g/mol. The second kappa shape index (κ2) is 26.9. The number of rotatable bonds is 26. The smallest absolute Gasteiger partial charge is 0.305 e. The molecule has 0 fully saturated rings. The molecule has 37 heavy (non-hydrogen) atoms. The van der Waals surface area contributed by atoms with Gasteiger partial charge < -0.3 is 28.8 Å². The van der Waals surface area contributed by atoms with Crippen LogP contribution in [0.3, 0.4) is 0 Å². The average Bonchev–Trinajstić information content (AvgIpc) is 2.88. The Morgan fingerprint density at radius 1 is 0.432 bits per heavy atom. The van der Waals surface area contributed by atoms with Crippen molar-refractivity contribution in [2.75, 3.05) is 46.8 Å². The lowest BCUT2D eigenvalue weighted by Crippen LogP contribution is -2.09. The normalized spacial score (nSPS) is 10.6. The summed E-state index contributed by atoms with van der Waals surface area (Å²) in [5.74, 6) is -0.917. The zero-order chi connectivity index (χ0) is 27.4. The van der Waals surface area contributed by atoms with Gasteiger partial charge in [-0.2, -0.15) is 0 Å². The highest BCUT2D eigenvalue weighted by Crippen LogP contribution is 2.07. The van der Waals surface area contributed by atoms with Crippen LogP contribution in [-0.4, -0.2) is 75.7 Å².